The Morgan fingerprint density at radius 3 is 2.50 bits per heavy atom. The Morgan fingerprint density at radius 2 is 1.82 bits per heavy atom. The Morgan fingerprint density at radius 1 is 1.04 bits per heavy atom. The Bertz CT molecular complexity index is 874. The topological polar surface area (TPSA) is 0 Å². The van der Waals surface area contributed by atoms with E-state index in [2.05, 4.69) is 64.2 Å². The summed E-state index contributed by atoms with van der Waals surface area (Å²) in [5.41, 5.74) is 8.48. The van der Waals surface area contributed by atoms with Gasteiger partial charge < -0.3 is 0 Å². The van der Waals surface area contributed by atoms with Gasteiger partial charge in [0.1, 0.15) is 0 Å². The molecule has 1 aromatic rings. The molecule has 5 atom stereocenters. The van der Waals surface area contributed by atoms with E-state index < -0.39 is 0 Å². The fourth-order valence-electron chi connectivity index (χ4n) is 7.44. The van der Waals surface area contributed by atoms with E-state index in [9.17, 15) is 0 Å². The molecule has 0 nitrogen and oxygen atoms in total. The predicted octanol–water partition coefficient (Wildman–Crippen LogP) is 6.99. The lowest BCUT2D eigenvalue weighted by Crippen LogP contribution is -2.52. The van der Waals surface area contributed by atoms with Crippen LogP contribution in [-0.2, 0) is 11.8 Å². The molecule has 0 aliphatic heterocycles. The van der Waals surface area contributed by atoms with Gasteiger partial charge in [0, 0.05) is 8.41 Å². The van der Waals surface area contributed by atoms with Gasteiger partial charge in [-0.1, -0.05) is 69.7 Å². The minimum absolute atomic E-state index is 0.232. The van der Waals surface area contributed by atoms with Crippen molar-refractivity contribution in [2.24, 2.45) is 23.7 Å². The Kier molecular flexibility index (Phi) is 4.44. The minimum atomic E-state index is -0.298. The Hall–Kier alpha value is -0.953. The number of fused-ring (bicyclic) bond motifs is 1. The maximum absolute atomic E-state index is 2.67. The molecule has 150 valence electrons. The van der Waals surface area contributed by atoms with E-state index in [1.807, 2.05) is 0 Å². The highest BCUT2D eigenvalue weighted by Crippen LogP contribution is 2.59. The van der Waals surface area contributed by atoms with Gasteiger partial charge in [-0.15, -0.1) is 0 Å². The standard InChI is InChI=1S/C27H38Si/c1-7-16-8-18-14-21(27(2,3)4)15-23(22(18)11-16)25-19-9-17-10-20(13-19)26(28(5)6)24(25)12-17/h8,14-15,17,19-20,24-25H,7,9-13H2,1-6H3. The lowest BCUT2D eigenvalue weighted by molar-refractivity contribution is 0.0848. The first-order valence-corrected chi connectivity index (χ1v) is 14.3. The molecule has 0 radical (unpaired) electrons. The number of rotatable bonds is 2. The normalized spacial score (nSPS) is 33.3. The zero-order chi connectivity index (χ0) is 19.8. The number of benzene rings is 1. The molecule has 5 aliphatic carbocycles. The van der Waals surface area contributed by atoms with Crippen molar-refractivity contribution in [3.05, 3.63) is 40.0 Å². The molecule has 5 aliphatic rings. The molecular weight excluding hydrogens is 352 g/mol. The zero-order valence-electron chi connectivity index (χ0n) is 18.9. The highest BCUT2D eigenvalue weighted by atomic mass is 28.2. The van der Waals surface area contributed by atoms with Crippen LogP contribution in [0.5, 0.6) is 0 Å². The van der Waals surface area contributed by atoms with Gasteiger partial charge in [-0.05, 0) is 95.8 Å². The fraction of sp³-hybridized carbons (Fsp3) is 0.667. The molecule has 4 fully saturated rings. The Balaban J connectivity index is 1.66. The summed E-state index contributed by atoms with van der Waals surface area (Å²) >= 11 is 0. The molecule has 1 aromatic carbocycles. The van der Waals surface area contributed by atoms with Crippen LogP contribution in [0.3, 0.4) is 0 Å². The summed E-state index contributed by atoms with van der Waals surface area (Å²) in [6.07, 6.45) is 11.0. The number of hydrogen-bond donors (Lipinski definition) is 0. The predicted molar refractivity (Wildman–Crippen MR) is 125 cm³/mol. The smallest absolute Gasteiger partial charge is 0.00298 e. The summed E-state index contributed by atoms with van der Waals surface area (Å²) in [5.74, 6) is 4.72. The molecule has 28 heavy (non-hydrogen) atoms. The summed E-state index contributed by atoms with van der Waals surface area (Å²) in [7, 11) is -0.298. The minimum Gasteiger partial charge on any atom is -0.0831 e. The van der Waals surface area contributed by atoms with E-state index in [1.54, 1.807) is 27.8 Å². The second-order valence-corrected chi connectivity index (χ2v) is 14.1. The molecule has 4 saturated carbocycles. The van der Waals surface area contributed by atoms with Crippen molar-refractivity contribution in [2.75, 3.05) is 0 Å². The third-order valence-electron chi connectivity index (χ3n) is 8.55. The molecule has 0 saturated heterocycles. The summed E-state index contributed by atoms with van der Waals surface area (Å²) in [4.78, 5) is 0. The molecule has 0 heterocycles. The van der Waals surface area contributed by atoms with Crippen molar-refractivity contribution in [1.82, 2.24) is 0 Å². The molecule has 0 amide bonds. The van der Waals surface area contributed by atoms with Crippen molar-refractivity contribution in [2.45, 2.75) is 90.6 Å². The largest absolute Gasteiger partial charge is 0.0831 e. The van der Waals surface area contributed by atoms with Gasteiger partial charge in [0.05, 0.1) is 0 Å². The second-order valence-electron chi connectivity index (χ2n) is 11.6. The molecule has 5 unspecified atom stereocenters. The first-order valence-electron chi connectivity index (χ1n) is 11.8. The quantitative estimate of drug-likeness (QED) is 0.477. The summed E-state index contributed by atoms with van der Waals surface area (Å²) in [6, 6.07) is 5.20. The van der Waals surface area contributed by atoms with Crippen LogP contribution < -0.4 is 0 Å². The fourth-order valence-corrected chi connectivity index (χ4v) is 9.53. The van der Waals surface area contributed by atoms with Gasteiger partial charge in [-0.2, -0.15) is 0 Å². The molecule has 0 aromatic heterocycles. The third kappa shape index (κ3) is 2.87. The summed E-state index contributed by atoms with van der Waals surface area (Å²) in [6.45, 7) is 14.7. The highest BCUT2D eigenvalue weighted by molar-refractivity contribution is 6.69. The van der Waals surface area contributed by atoms with E-state index in [1.165, 1.54) is 38.5 Å². The van der Waals surface area contributed by atoms with Crippen LogP contribution in [-0.4, -0.2) is 13.6 Å². The maximum Gasteiger partial charge on any atom is 0.00298 e. The number of allylic oxidation sites excluding steroid dienone is 1. The SMILES string of the molecule is CCC1=Cc2cc(C(C)(C)C)cc(C3C4CC5CC(C4)C(=[Si](C)C)C3C5)c2C1. The monoisotopic (exact) mass is 390 g/mol. The van der Waals surface area contributed by atoms with Gasteiger partial charge >= 0.3 is 0 Å². The van der Waals surface area contributed by atoms with Crippen molar-refractivity contribution in [3.63, 3.8) is 0 Å². The molecule has 4 bridgehead atoms. The van der Waals surface area contributed by atoms with E-state index in [-0.39, 0.29) is 13.8 Å². The van der Waals surface area contributed by atoms with Gasteiger partial charge in [-0.3, -0.25) is 0 Å². The van der Waals surface area contributed by atoms with E-state index in [4.69, 9.17) is 0 Å². The average molecular weight is 391 g/mol. The zero-order valence-corrected chi connectivity index (χ0v) is 19.9. The molecule has 0 N–H and O–H groups in total. The molecule has 0 spiro atoms. The van der Waals surface area contributed by atoms with Gasteiger partial charge in [-0.25, -0.2) is 0 Å². The first-order chi connectivity index (χ1) is 13.3. The van der Waals surface area contributed by atoms with Crippen molar-refractivity contribution in [3.8, 4) is 0 Å². The lowest BCUT2D eigenvalue weighted by atomic mass is 9.50. The van der Waals surface area contributed by atoms with E-state index >= 15 is 0 Å². The van der Waals surface area contributed by atoms with E-state index in [0.717, 1.165) is 29.6 Å². The van der Waals surface area contributed by atoms with Crippen LogP contribution in [0.25, 0.3) is 6.08 Å². The van der Waals surface area contributed by atoms with Crippen LogP contribution in [0.2, 0.25) is 13.1 Å². The second kappa shape index (κ2) is 6.52. The molecule has 6 rings (SSSR count). The van der Waals surface area contributed by atoms with E-state index in [0.29, 0.717) is 0 Å². The highest BCUT2D eigenvalue weighted by Gasteiger charge is 2.52. The lowest BCUT2D eigenvalue weighted by Gasteiger charge is -2.57. The van der Waals surface area contributed by atoms with Crippen LogP contribution >= 0.6 is 0 Å². The molecule has 1 heteroatoms. The van der Waals surface area contributed by atoms with Gasteiger partial charge in [0.2, 0.25) is 0 Å². The molecular formula is C27H38Si. The summed E-state index contributed by atoms with van der Waals surface area (Å²) < 4.78 is 0. The van der Waals surface area contributed by atoms with Crippen LogP contribution in [0, 0.1) is 23.7 Å². The summed E-state index contributed by atoms with van der Waals surface area (Å²) in [5, 5.41) is 2.05. The third-order valence-corrected chi connectivity index (χ3v) is 10.5. The maximum atomic E-state index is 2.67. The van der Waals surface area contributed by atoms with Crippen molar-refractivity contribution >= 4 is 19.7 Å². The number of hydrogen-bond acceptors (Lipinski definition) is 0. The van der Waals surface area contributed by atoms with Gasteiger partial charge in [0.15, 0.2) is 0 Å². The van der Waals surface area contributed by atoms with Crippen LogP contribution in [0.15, 0.2) is 17.7 Å². The first kappa shape index (κ1) is 19.0. The van der Waals surface area contributed by atoms with Crippen molar-refractivity contribution in [1.29, 1.82) is 0 Å². The van der Waals surface area contributed by atoms with Crippen molar-refractivity contribution < 1.29 is 0 Å². The average Bonchev–Trinajstić information content (AvgIpc) is 3.03. The van der Waals surface area contributed by atoms with Gasteiger partial charge in [0.25, 0.3) is 0 Å². The Labute approximate surface area is 174 Å². The van der Waals surface area contributed by atoms with Crippen LogP contribution in [0.1, 0.15) is 88.0 Å². The van der Waals surface area contributed by atoms with Crippen LogP contribution in [0.4, 0.5) is 0 Å².